The molecule has 9 heteroatoms. The Balaban J connectivity index is 0.00000156. The number of rotatable bonds is 4. The molecule has 0 atom stereocenters. The van der Waals surface area contributed by atoms with Crippen LogP contribution in [-0.2, 0) is 17.8 Å². The summed E-state index contributed by atoms with van der Waals surface area (Å²) in [5.74, 6) is 1.69. The van der Waals surface area contributed by atoms with Crippen LogP contribution in [0.2, 0.25) is 5.02 Å². The van der Waals surface area contributed by atoms with Gasteiger partial charge in [0.2, 0.25) is 5.91 Å². The quantitative estimate of drug-likeness (QED) is 0.817. The van der Waals surface area contributed by atoms with Crippen molar-refractivity contribution in [1.29, 1.82) is 0 Å². The van der Waals surface area contributed by atoms with Crippen LogP contribution in [0, 0.1) is 0 Å². The van der Waals surface area contributed by atoms with Crippen LogP contribution in [0.25, 0.3) is 11.4 Å². The molecule has 1 aliphatic rings. The lowest BCUT2D eigenvalue weighted by Crippen LogP contribution is -2.25. The van der Waals surface area contributed by atoms with Crippen LogP contribution in [0.5, 0.6) is 0 Å². The Labute approximate surface area is 164 Å². The average Bonchev–Trinajstić information content (AvgIpc) is 2.78. The van der Waals surface area contributed by atoms with Gasteiger partial charge in [-0.15, -0.1) is 35.0 Å². The van der Waals surface area contributed by atoms with Gasteiger partial charge in [0.25, 0.3) is 0 Å². The average molecular weight is 407 g/mol. The zero-order valence-corrected chi connectivity index (χ0v) is 16.3. The molecular formula is C16H22Cl3N5O. The first-order chi connectivity index (χ1) is 11.2. The van der Waals surface area contributed by atoms with E-state index in [-0.39, 0.29) is 37.3 Å². The number of nitrogens with one attached hydrogen (secondary N) is 2. The minimum absolute atomic E-state index is 0. The molecule has 3 rings (SSSR count). The van der Waals surface area contributed by atoms with Gasteiger partial charge in [0.15, 0.2) is 5.82 Å². The first kappa shape index (κ1) is 21.7. The van der Waals surface area contributed by atoms with E-state index in [0.717, 1.165) is 43.0 Å². The molecule has 0 spiro atoms. The molecule has 1 aromatic heterocycles. The molecule has 0 fully saturated rings. The van der Waals surface area contributed by atoms with Crippen LogP contribution in [0.3, 0.4) is 0 Å². The van der Waals surface area contributed by atoms with E-state index in [4.69, 9.17) is 11.6 Å². The maximum atomic E-state index is 11.7. The van der Waals surface area contributed by atoms with Crippen molar-refractivity contribution in [2.24, 2.45) is 0 Å². The van der Waals surface area contributed by atoms with E-state index in [1.807, 2.05) is 6.07 Å². The fourth-order valence-corrected chi connectivity index (χ4v) is 3.03. The lowest BCUT2D eigenvalue weighted by molar-refractivity contribution is -0.115. The minimum Gasteiger partial charge on any atom is -0.325 e. The van der Waals surface area contributed by atoms with Crippen LogP contribution < -0.4 is 10.6 Å². The number of anilines is 1. The third-order valence-electron chi connectivity index (χ3n) is 3.94. The maximum Gasteiger partial charge on any atom is 0.238 e. The molecule has 6 nitrogen and oxygen atoms in total. The molecule has 0 bridgehead atoms. The van der Waals surface area contributed by atoms with Crippen molar-refractivity contribution in [3.63, 3.8) is 0 Å². The number of aromatic nitrogens is 3. The molecule has 0 saturated carbocycles. The van der Waals surface area contributed by atoms with Gasteiger partial charge in [-0.3, -0.25) is 4.79 Å². The number of likely N-dealkylation sites (N-methyl/N-ethyl adjacent to an activating group) is 1. The van der Waals surface area contributed by atoms with Gasteiger partial charge < -0.3 is 15.2 Å². The Hall–Kier alpha value is -1.34. The number of carbonyl (C=O) groups is 1. The van der Waals surface area contributed by atoms with Crippen LogP contribution in [-0.4, -0.2) is 34.3 Å². The highest BCUT2D eigenvalue weighted by atomic mass is 35.5. The van der Waals surface area contributed by atoms with Gasteiger partial charge >= 0.3 is 0 Å². The number of amides is 1. The number of hydrogen-bond acceptors (Lipinski definition) is 4. The van der Waals surface area contributed by atoms with Crippen molar-refractivity contribution in [2.75, 3.05) is 18.9 Å². The van der Waals surface area contributed by atoms with Crippen LogP contribution in [0.15, 0.2) is 18.2 Å². The van der Waals surface area contributed by atoms with Gasteiger partial charge in [-0.25, -0.2) is 0 Å². The first-order valence-electron chi connectivity index (χ1n) is 7.85. The standard InChI is InChI=1S/C16H20ClN5O.2ClH/c1-18-10-15(23)19-11-6-7-13(17)12(9-11)16-21-20-14-5-3-2-4-8-22(14)16;;/h6-7,9,18H,2-5,8,10H2,1H3,(H,19,23);2*1H. The zero-order valence-electron chi connectivity index (χ0n) is 13.9. The predicted molar refractivity (Wildman–Crippen MR) is 105 cm³/mol. The van der Waals surface area contributed by atoms with Gasteiger partial charge in [0.05, 0.1) is 11.6 Å². The topological polar surface area (TPSA) is 71.8 Å². The second-order valence-corrected chi connectivity index (χ2v) is 6.08. The van der Waals surface area contributed by atoms with Gasteiger partial charge in [-0.2, -0.15) is 0 Å². The van der Waals surface area contributed by atoms with Crippen LogP contribution in [0.1, 0.15) is 25.1 Å². The molecule has 138 valence electrons. The molecule has 0 unspecified atom stereocenters. The van der Waals surface area contributed by atoms with Crippen molar-refractivity contribution in [3.05, 3.63) is 29.0 Å². The molecule has 2 N–H and O–H groups in total. The highest BCUT2D eigenvalue weighted by molar-refractivity contribution is 6.33. The van der Waals surface area contributed by atoms with Crippen LogP contribution >= 0.6 is 36.4 Å². The summed E-state index contributed by atoms with van der Waals surface area (Å²) >= 11 is 6.36. The Morgan fingerprint density at radius 1 is 1.24 bits per heavy atom. The first-order valence-corrected chi connectivity index (χ1v) is 8.23. The summed E-state index contributed by atoms with van der Waals surface area (Å²) in [7, 11) is 1.73. The Morgan fingerprint density at radius 2 is 2.04 bits per heavy atom. The molecule has 2 aromatic rings. The number of aryl methyl sites for hydroxylation is 1. The zero-order chi connectivity index (χ0) is 16.2. The summed E-state index contributed by atoms with van der Waals surface area (Å²) < 4.78 is 2.15. The fourth-order valence-electron chi connectivity index (χ4n) is 2.82. The van der Waals surface area contributed by atoms with E-state index in [1.54, 1.807) is 19.2 Å². The van der Waals surface area contributed by atoms with E-state index in [2.05, 4.69) is 25.4 Å². The minimum atomic E-state index is -0.0964. The van der Waals surface area contributed by atoms with Gasteiger partial charge in [-0.05, 0) is 38.1 Å². The van der Waals surface area contributed by atoms with Crippen molar-refractivity contribution in [3.8, 4) is 11.4 Å². The van der Waals surface area contributed by atoms with Crippen molar-refractivity contribution >= 4 is 48.0 Å². The summed E-state index contributed by atoms with van der Waals surface area (Å²) in [5, 5.41) is 14.9. The van der Waals surface area contributed by atoms with E-state index < -0.39 is 0 Å². The van der Waals surface area contributed by atoms with Gasteiger partial charge in [0.1, 0.15) is 5.82 Å². The molecular weight excluding hydrogens is 385 g/mol. The highest BCUT2D eigenvalue weighted by Crippen LogP contribution is 2.31. The predicted octanol–water partition coefficient (Wildman–Crippen LogP) is 3.33. The SMILES string of the molecule is CNCC(=O)Nc1ccc(Cl)c(-c2nnc3n2CCCCC3)c1.Cl.Cl. The normalized spacial score (nSPS) is 13.0. The molecule has 1 aromatic carbocycles. The Bertz CT molecular complexity index is 720. The summed E-state index contributed by atoms with van der Waals surface area (Å²) in [4.78, 5) is 11.7. The van der Waals surface area contributed by atoms with Gasteiger partial charge in [-0.1, -0.05) is 18.0 Å². The lowest BCUT2D eigenvalue weighted by Gasteiger charge is -2.11. The largest absolute Gasteiger partial charge is 0.325 e. The number of fused-ring (bicyclic) bond motifs is 1. The van der Waals surface area contributed by atoms with Crippen LogP contribution in [0.4, 0.5) is 5.69 Å². The molecule has 2 heterocycles. The second-order valence-electron chi connectivity index (χ2n) is 5.68. The molecule has 25 heavy (non-hydrogen) atoms. The van der Waals surface area contributed by atoms with Crippen molar-refractivity contribution in [1.82, 2.24) is 20.1 Å². The summed E-state index contributed by atoms with van der Waals surface area (Å²) in [6.45, 7) is 1.17. The third kappa shape index (κ3) is 5.07. The summed E-state index contributed by atoms with van der Waals surface area (Å²) in [6, 6.07) is 5.43. The molecule has 0 aliphatic carbocycles. The van der Waals surface area contributed by atoms with Gasteiger partial charge in [0, 0.05) is 24.2 Å². The van der Waals surface area contributed by atoms with E-state index in [9.17, 15) is 4.79 Å². The number of benzene rings is 1. The molecule has 1 amide bonds. The number of carbonyl (C=O) groups excluding carboxylic acids is 1. The maximum absolute atomic E-state index is 11.7. The smallest absolute Gasteiger partial charge is 0.238 e. The Kier molecular flexibility index (Phi) is 8.65. The third-order valence-corrected chi connectivity index (χ3v) is 4.27. The lowest BCUT2D eigenvalue weighted by atomic mass is 10.1. The molecule has 0 saturated heterocycles. The molecule has 1 aliphatic heterocycles. The van der Waals surface area contributed by atoms with E-state index >= 15 is 0 Å². The van der Waals surface area contributed by atoms with E-state index in [1.165, 1.54) is 6.42 Å². The molecule has 0 radical (unpaired) electrons. The van der Waals surface area contributed by atoms with Crippen molar-refractivity contribution < 1.29 is 4.79 Å². The number of hydrogen-bond donors (Lipinski definition) is 2. The van der Waals surface area contributed by atoms with Crippen molar-refractivity contribution in [2.45, 2.75) is 32.2 Å². The second kappa shape index (κ2) is 9.97. The summed E-state index contributed by atoms with van der Waals surface area (Å²) in [6.07, 6.45) is 4.42. The summed E-state index contributed by atoms with van der Waals surface area (Å²) in [5.41, 5.74) is 1.50. The number of halogens is 3. The monoisotopic (exact) mass is 405 g/mol. The number of nitrogens with zero attached hydrogens (tertiary/aromatic N) is 3. The van der Waals surface area contributed by atoms with E-state index in [0.29, 0.717) is 10.7 Å². The fraction of sp³-hybridized carbons (Fsp3) is 0.438. The Morgan fingerprint density at radius 3 is 2.80 bits per heavy atom. The highest BCUT2D eigenvalue weighted by Gasteiger charge is 2.18.